The van der Waals surface area contributed by atoms with Gasteiger partial charge in [0.05, 0.1) is 30.5 Å². The maximum Gasteiger partial charge on any atom is 0.471 e. The molecule has 5 rings (SSSR count). The summed E-state index contributed by atoms with van der Waals surface area (Å²) in [4.78, 5) is 40.8. The molecule has 1 atom stereocenters. The first-order chi connectivity index (χ1) is 22.5. The van der Waals surface area contributed by atoms with Gasteiger partial charge < -0.3 is 30.7 Å². The summed E-state index contributed by atoms with van der Waals surface area (Å²) in [6.45, 7) is -0.544. The van der Waals surface area contributed by atoms with Gasteiger partial charge >= 0.3 is 12.1 Å². The van der Waals surface area contributed by atoms with Crippen LogP contribution in [-0.2, 0) is 16.1 Å². The molecule has 3 amide bonds. The molecule has 0 bridgehead atoms. The van der Waals surface area contributed by atoms with Gasteiger partial charge in [-0.3, -0.25) is 14.4 Å². The minimum atomic E-state index is -5.29. The maximum absolute atomic E-state index is 14.1. The normalized spacial score (nSPS) is 11.9. The van der Waals surface area contributed by atoms with Gasteiger partial charge in [-0.25, -0.2) is 0 Å². The van der Waals surface area contributed by atoms with Gasteiger partial charge in [-0.1, -0.05) is 36.4 Å². The Kier molecular flexibility index (Phi) is 9.66. The van der Waals surface area contributed by atoms with E-state index in [0.29, 0.717) is 48.3 Å². The van der Waals surface area contributed by atoms with Crippen molar-refractivity contribution in [2.45, 2.75) is 18.8 Å². The highest BCUT2D eigenvalue weighted by atomic mass is 32.1. The third-order valence-corrected chi connectivity index (χ3v) is 8.32. The summed E-state index contributed by atoms with van der Waals surface area (Å²) in [6.07, 6.45) is -5.29. The van der Waals surface area contributed by atoms with E-state index in [2.05, 4.69) is 10.6 Å². The third-order valence-electron chi connectivity index (χ3n) is 7.23. The topological polar surface area (TPSA) is 123 Å². The van der Waals surface area contributed by atoms with Crippen LogP contribution in [0.2, 0.25) is 0 Å². The number of hydrogen-bond acceptors (Lipinski definition) is 7. The molecule has 0 spiro atoms. The molecule has 47 heavy (non-hydrogen) atoms. The minimum absolute atomic E-state index is 0.107. The van der Waals surface area contributed by atoms with Crippen LogP contribution in [0.15, 0.2) is 97.1 Å². The zero-order valence-corrected chi connectivity index (χ0v) is 25.9. The Bertz CT molecular complexity index is 1910. The first-order valence-electron chi connectivity index (χ1n) is 14.1. The molecule has 0 saturated heterocycles. The molecule has 9 nitrogen and oxygen atoms in total. The molecule has 0 saturated carbocycles. The number of nitrogens with two attached hydrogens (primary N) is 1. The van der Waals surface area contributed by atoms with E-state index in [9.17, 15) is 27.6 Å². The summed E-state index contributed by atoms with van der Waals surface area (Å²) in [5.41, 5.74) is 7.47. The molecule has 4 aromatic carbocycles. The lowest BCUT2D eigenvalue weighted by molar-refractivity contribution is -0.189. The van der Waals surface area contributed by atoms with Crippen molar-refractivity contribution < 1.29 is 37.0 Å². The summed E-state index contributed by atoms with van der Waals surface area (Å²) in [5.74, 6) is -2.54. The molecular weight excluding hydrogens is 633 g/mol. The highest BCUT2D eigenvalue weighted by Gasteiger charge is 2.46. The monoisotopic (exact) mass is 662 g/mol. The number of carbonyl (C=O) groups is 3. The highest BCUT2D eigenvalue weighted by molar-refractivity contribution is 7.20. The lowest BCUT2D eigenvalue weighted by atomic mass is 10.0. The second-order valence-electron chi connectivity index (χ2n) is 10.3. The SMILES string of the molecule is COc1ccc(CN(C(=O)C(F)(F)F)C(C(=O)Nc2ccc(OC)cc2)c2ccc3cc(C(=O)Nc4ccccc4N)sc3c2)cc1. The van der Waals surface area contributed by atoms with E-state index in [-0.39, 0.29) is 11.3 Å². The number of anilines is 3. The first-order valence-corrected chi connectivity index (χ1v) is 14.9. The number of nitrogen functional groups attached to an aromatic ring is 1. The van der Waals surface area contributed by atoms with E-state index in [1.54, 1.807) is 60.7 Å². The second kappa shape index (κ2) is 13.8. The lowest BCUT2D eigenvalue weighted by Gasteiger charge is -2.32. The van der Waals surface area contributed by atoms with Gasteiger partial charge in [-0.05, 0) is 77.2 Å². The predicted molar refractivity (Wildman–Crippen MR) is 175 cm³/mol. The molecule has 0 radical (unpaired) electrons. The van der Waals surface area contributed by atoms with Crippen molar-refractivity contribution in [3.63, 3.8) is 0 Å². The Hall–Kier alpha value is -5.56. The Morgan fingerprint density at radius 2 is 1.49 bits per heavy atom. The highest BCUT2D eigenvalue weighted by Crippen LogP contribution is 2.35. The number of fused-ring (bicyclic) bond motifs is 1. The fraction of sp³-hybridized carbons (Fsp3) is 0.147. The van der Waals surface area contributed by atoms with Crippen molar-refractivity contribution in [1.29, 1.82) is 0 Å². The lowest BCUT2D eigenvalue weighted by Crippen LogP contribution is -2.46. The van der Waals surface area contributed by atoms with Crippen molar-refractivity contribution in [2.24, 2.45) is 0 Å². The molecular formula is C34H29F3N4O5S. The molecule has 1 unspecified atom stereocenters. The number of carbonyl (C=O) groups excluding carboxylic acids is 3. The summed E-state index contributed by atoms with van der Waals surface area (Å²) >= 11 is 1.08. The number of rotatable bonds is 10. The van der Waals surface area contributed by atoms with Crippen LogP contribution in [0.3, 0.4) is 0 Å². The van der Waals surface area contributed by atoms with Crippen LogP contribution in [-0.4, -0.2) is 43.0 Å². The van der Waals surface area contributed by atoms with E-state index in [0.717, 1.165) is 11.3 Å². The zero-order valence-electron chi connectivity index (χ0n) is 25.1. The van der Waals surface area contributed by atoms with Crippen LogP contribution >= 0.6 is 11.3 Å². The van der Waals surface area contributed by atoms with E-state index in [1.807, 2.05) is 0 Å². The van der Waals surface area contributed by atoms with Crippen molar-refractivity contribution in [3.8, 4) is 11.5 Å². The standard InChI is InChI=1S/C34H29F3N4O5S/c1-45-24-13-7-20(8-14-24)19-41(33(44)34(35,36)37)30(32(43)39-23-11-15-25(46-2)16-12-23)22-10-9-21-17-29(47-28(21)18-22)31(42)40-27-6-4-3-5-26(27)38/h3-18,30H,19,38H2,1-2H3,(H,39,43)(H,40,42). The molecule has 0 aliphatic carbocycles. The average Bonchev–Trinajstić information content (AvgIpc) is 3.49. The number of hydrogen-bond donors (Lipinski definition) is 3. The number of thiophene rings is 1. The Morgan fingerprint density at radius 3 is 2.11 bits per heavy atom. The van der Waals surface area contributed by atoms with E-state index < -0.39 is 36.5 Å². The Balaban J connectivity index is 1.55. The van der Waals surface area contributed by atoms with Gasteiger partial charge in [-0.15, -0.1) is 11.3 Å². The van der Waals surface area contributed by atoms with Gasteiger partial charge in [0.25, 0.3) is 11.8 Å². The molecule has 13 heteroatoms. The number of nitrogens with zero attached hydrogens (tertiary/aromatic N) is 1. The van der Waals surface area contributed by atoms with Gasteiger partial charge in [0, 0.05) is 16.9 Å². The summed E-state index contributed by atoms with van der Waals surface area (Å²) < 4.78 is 53.2. The largest absolute Gasteiger partial charge is 0.497 e. The molecule has 0 aliphatic heterocycles. The maximum atomic E-state index is 14.1. The number of alkyl halides is 3. The van der Waals surface area contributed by atoms with Crippen LogP contribution in [0.4, 0.5) is 30.2 Å². The summed E-state index contributed by atoms with van der Waals surface area (Å²) in [7, 11) is 2.91. The van der Waals surface area contributed by atoms with Crippen molar-refractivity contribution in [2.75, 3.05) is 30.6 Å². The number of para-hydroxylation sites is 2. The van der Waals surface area contributed by atoms with Crippen molar-refractivity contribution in [1.82, 2.24) is 4.90 Å². The molecule has 1 heterocycles. The van der Waals surface area contributed by atoms with Gasteiger partial charge in [0.15, 0.2) is 0 Å². The summed E-state index contributed by atoms with van der Waals surface area (Å²) in [5, 5.41) is 6.00. The van der Waals surface area contributed by atoms with Crippen molar-refractivity contribution in [3.05, 3.63) is 113 Å². The van der Waals surface area contributed by atoms with Crippen LogP contribution in [0, 0.1) is 0 Å². The van der Waals surface area contributed by atoms with Crippen LogP contribution in [0.5, 0.6) is 11.5 Å². The number of ether oxygens (including phenoxy) is 2. The molecule has 4 N–H and O–H groups in total. The number of amides is 3. The molecule has 242 valence electrons. The van der Waals surface area contributed by atoms with Crippen LogP contribution < -0.4 is 25.8 Å². The number of nitrogens with one attached hydrogen (secondary N) is 2. The minimum Gasteiger partial charge on any atom is -0.497 e. The summed E-state index contributed by atoms with van der Waals surface area (Å²) in [6, 6.07) is 23.6. The number of halogens is 3. The third kappa shape index (κ3) is 7.64. The zero-order chi connectivity index (χ0) is 33.7. The Morgan fingerprint density at radius 1 is 0.851 bits per heavy atom. The average molecular weight is 663 g/mol. The number of benzene rings is 4. The smallest absolute Gasteiger partial charge is 0.471 e. The van der Waals surface area contributed by atoms with Crippen LogP contribution in [0.25, 0.3) is 10.1 Å². The fourth-order valence-corrected chi connectivity index (χ4v) is 5.86. The molecule has 1 aromatic heterocycles. The second-order valence-corrected chi connectivity index (χ2v) is 11.4. The van der Waals surface area contributed by atoms with Crippen molar-refractivity contribution >= 4 is 56.2 Å². The van der Waals surface area contributed by atoms with Gasteiger partial charge in [0.2, 0.25) is 0 Å². The molecule has 0 aliphatic rings. The first kappa shape index (κ1) is 32.8. The van der Waals surface area contributed by atoms with Gasteiger partial charge in [0.1, 0.15) is 17.5 Å². The Labute approximate surface area is 271 Å². The quantitative estimate of drug-likeness (QED) is 0.138. The number of methoxy groups -OCH3 is 2. The van der Waals surface area contributed by atoms with E-state index in [4.69, 9.17) is 15.2 Å². The van der Waals surface area contributed by atoms with Crippen LogP contribution in [0.1, 0.15) is 26.8 Å². The fourth-order valence-electron chi connectivity index (χ4n) is 4.85. The van der Waals surface area contributed by atoms with E-state index >= 15 is 0 Å². The molecule has 0 fully saturated rings. The molecule has 5 aromatic rings. The van der Waals surface area contributed by atoms with E-state index in [1.165, 1.54) is 50.6 Å². The predicted octanol–water partition coefficient (Wildman–Crippen LogP) is 7.02. The van der Waals surface area contributed by atoms with Gasteiger partial charge in [-0.2, -0.15) is 13.2 Å².